The van der Waals surface area contributed by atoms with E-state index in [0.717, 1.165) is 29.2 Å². The van der Waals surface area contributed by atoms with E-state index in [0.29, 0.717) is 24.4 Å². The number of amides is 2. The SMILES string of the molecule is CCCCOC(=O)c1ccc(NC(=O)NCc2cccc3ccccc23)cc1. The Morgan fingerprint density at radius 1 is 0.929 bits per heavy atom. The van der Waals surface area contributed by atoms with E-state index in [1.54, 1.807) is 24.3 Å². The van der Waals surface area contributed by atoms with Crippen LogP contribution in [0.4, 0.5) is 10.5 Å². The van der Waals surface area contributed by atoms with E-state index >= 15 is 0 Å². The van der Waals surface area contributed by atoms with Crippen molar-refractivity contribution in [2.45, 2.75) is 26.3 Å². The van der Waals surface area contributed by atoms with Gasteiger partial charge in [0.05, 0.1) is 12.2 Å². The van der Waals surface area contributed by atoms with Crippen molar-refractivity contribution in [3.63, 3.8) is 0 Å². The van der Waals surface area contributed by atoms with Crippen LogP contribution in [-0.4, -0.2) is 18.6 Å². The van der Waals surface area contributed by atoms with Crippen molar-refractivity contribution in [1.29, 1.82) is 0 Å². The van der Waals surface area contributed by atoms with Crippen LogP contribution in [0.2, 0.25) is 0 Å². The number of esters is 1. The van der Waals surface area contributed by atoms with E-state index < -0.39 is 0 Å². The van der Waals surface area contributed by atoms with Crippen molar-refractivity contribution in [1.82, 2.24) is 5.32 Å². The zero-order chi connectivity index (χ0) is 19.8. The summed E-state index contributed by atoms with van der Waals surface area (Å²) in [5.41, 5.74) is 2.14. The van der Waals surface area contributed by atoms with Gasteiger partial charge in [0.15, 0.2) is 0 Å². The lowest BCUT2D eigenvalue weighted by molar-refractivity contribution is 0.0500. The molecule has 0 bridgehead atoms. The van der Waals surface area contributed by atoms with Crippen LogP contribution < -0.4 is 10.6 Å². The molecule has 0 atom stereocenters. The normalized spacial score (nSPS) is 10.5. The second-order valence-corrected chi connectivity index (χ2v) is 6.51. The van der Waals surface area contributed by atoms with Gasteiger partial charge in [0.25, 0.3) is 0 Å². The molecule has 2 amide bonds. The highest BCUT2D eigenvalue weighted by molar-refractivity contribution is 5.92. The number of unbranched alkanes of at least 4 members (excludes halogenated alkanes) is 1. The molecule has 0 unspecified atom stereocenters. The van der Waals surface area contributed by atoms with Gasteiger partial charge in [-0.25, -0.2) is 9.59 Å². The Kier molecular flexibility index (Phi) is 6.63. The number of hydrogen-bond donors (Lipinski definition) is 2. The van der Waals surface area contributed by atoms with E-state index in [1.807, 2.05) is 49.4 Å². The zero-order valence-corrected chi connectivity index (χ0v) is 15.9. The Morgan fingerprint density at radius 3 is 2.46 bits per heavy atom. The number of hydrogen-bond acceptors (Lipinski definition) is 3. The van der Waals surface area contributed by atoms with Crippen LogP contribution in [0.5, 0.6) is 0 Å². The molecular weight excluding hydrogens is 352 g/mol. The largest absolute Gasteiger partial charge is 0.462 e. The first-order valence-electron chi connectivity index (χ1n) is 9.46. The van der Waals surface area contributed by atoms with Gasteiger partial charge in [-0.15, -0.1) is 0 Å². The van der Waals surface area contributed by atoms with E-state index in [2.05, 4.69) is 10.6 Å². The van der Waals surface area contributed by atoms with Crippen LogP contribution in [0.25, 0.3) is 10.8 Å². The molecule has 0 fully saturated rings. The Morgan fingerprint density at radius 2 is 1.68 bits per heavy atom. The van der Waals surface area contributed by atoms with Gasteiger partial charge in [-0.1, -0.05) is 55.8 Å². The number of nitrogens with one attached hydrogen (secondary N) is 2. The maximum atomic E-state index is 12.2. The molecule has 144 valence electrons. The zero-order valence-electron chi connectivity index (χ0n) is 15.9. The molecule has 3 aromatic rings. The minimum absolute atomic E-state index is 0.300. The highest BCUT2D eigenvalue weighted by Crippen LogP contribution is 2.18. The average Bonchev–Trinajstić information content (AvgIpc) is 2.73. The number of anilines is 1. The topological polar surface area (TPSA) is 67.4 Å². The van der Waals surface area contributed by atoms with Crippen molar-refractivity contribution in [2.75, 3.05) is 11.9 Å². The Balaban J connectivity index is 1.54. The fourth-order valence-corrected chi connectivity index (χ4v) is 2.88. The second-order valence-electron chi connectivity index (χ2n) is 6.51. The van der Waals surface area contributed by atoms with Gasteiger partial charge < -0.3 is 15.4 Å². The van der Waals surface area contributed by atoms with Gasteiger partial charge in [0.2, 0.25) is 0 Å². The number of ether oxygens (including phenoxy) is 1. The molecule has 0 aliphatic heterocycles. The molecule has 0 saturated heterocycles. The number of carbonyl (C=O) groups is 2. The second kappa shape index (κ2) is 9.55. The van der Waals surface area contributed by atoms with Gasteiger partial charge in [-0.2, -0.15) is 0 Å². The van der Waals surface area contributed by atoms with Gasteiger partial charge in [0.1, 0.15) is 0 Å². The van der Waals surface area contributed by atoms with Gasteiger partial charge in [-0.05, 0) is 47.0 Å². The van der Waals surface area contributed by atoms with Crippen LogP contribution in [-0.2, 0) is 11.3 Å². The monoisotopic (exact) mass is 376 g/mol. The number of rotatable bonds is 7. The molecule has 0 radical (unpaired) electrons. The van der Waals surface area contributed by atoms with Crippen molar-refractivity contribution < 1.29 is 14.3 Å². The Hall–Kier alpha value is -3.34. The van der Waals surface area contributed by atoms with Gasteiger partial charge in [0, 0.05) is 12.2 Å². The summed E-state index contributed by atoms with van der Waals surface area (Å²) in [4.78, 5) is 24.1. The van der Waals surface area contributed by atoms with Crippen molar-refractivity contribution in [2.24, 2.45) is 0 Å². The van der Waals surface area contributed by atoms with E-state index in [9.17, 15) is 9.59 Å². The quantitative estimate of drug-likeness (QED) is 0.444. The van der Waals surface area contributed by atoms with Crippen LogP contribution in [0.3, 0.4) is 0 Å². The predicted molar refractivity (Wildman–Crippen MR) is 111 cm³/mol. The average molecular weight is 376 g/mol. The molecule has 0 spiro atoms. The standard InChI is InChI=1S/C23H24N2O3/c1-2-3-15-28-22(26)18-11-13-20(14-12-18)25-23(27)24-16-19-9-6-8-17-7-4-5-10-21(17)19/h4-14H,2-3,15-16H2,1H3,(H2,24,25,27). The summed E-state index contributed by atoms with van der Waals surface area (Å²) >= 11 is 0. The third-order valence-corrected chi connectivity index (χ3v) is 4.43. The summed E-state index contributed by atoms with van der Waals surface area (Å²) in [5.74, 6) is -0.347. The van der Waals surface area contributed by atoms with E-state index in [-0.39, 0.29) is 12.0 Å². The minimum atomic E-state index is -0.347. The highest BCUT2D eigenvalue weighted by Gasteiger charge is 2.08. The summed E-state index contributed by atoms with van der Waals surface area (Å²) in [6, 6.07) is 20.5. The molecule has 0 saturated carbocycles. The lowest BCUT2D eigenvalue weighted by Crippen LogP contribution is -2.28. The van der Waals surface area contributed by atoms with Crippen LogP contribution in [0.15, 0.2) is 66.7 Å². The van der Waals surface area contributed by atoms with Crippen molar-refractivity contribution in [3.05, 3.63) is 77.9 Å². The third-order valence-electron chi connectivity index (χ3n) is 4.43. The molecule has 0 aliphatic carbocycles. The number of fused-ring (bicyclic) bond motifs is 1. The van der Waals surface area contributed by atoms with Crippen LogP contribution >= 0.6 is 0 Å². The first-order valence-corrected chi connectivity index (χ1v) is 9.46. The summed E-state index contributed by atoms with van der Waals surface area (Å²) in [6.07, 6.45) is 1.83. The molecule has 0 heterocycles. The molecular formula is C23H24N2O3. The lowest BCUT2D eigenvalue weighted by Gasteiger charge is -2.10. The fraction of sp³-hybridized carbons (Fsp3) is 0.217. The van der Waals surface area contributed by atoms with Gasteiger partial charge >= 0.3 is 12.0 Å². The molecule has 5 nitrogen and oxygen atoms in total. The summed E-state index contributed by atoms with van der Waals surface area (Å²) in [6.45, 7) is 2.89. The molecule has 3 aromatic carbocycles. The maximum Gasteiger partial charge on any atom is 0.338 e. The maximum absolute atomic E-state index is 12.2. The fourth-order valence-electron chi connectivity index (χ4n) is 2.88. The Labute approximate surface area is 164 Å². The van der Waals surface area contributed by atoms with Gasteiger partial charge in [-0.3, -0.25) is 0 Å². The summed E-state index contributed by atoms with van der Waals surface area (Å²) < 4.78 is 5.17. The summed E-state index contributed by atoms with van der Waals surface area (Å²) in [7, 11) is 0. The number of carbonyl (C=O) groups excluding carboxylic acids is 2. The molecule has 2 N–H and O–H groups in total. The van der Waals surface area contributed by atoms with Crippen LogP contribution in [0.1, 0.15) is 35.7 Å². The summed E-state index contributed by atoms with van der Waals surface area (Å²) in [5, 5.41) is 7.91. The first kappa shape index (κ1) is 19.4. The lowest BCUT2D eigenvalue weighted by atomic mass is 10.0. The molecule has 28 heavy (non-hydrogen) atoms. The first-order chi connectivity index (χ1) is 13.7. The molecule has 0 aliphatic rings. The smallest absolute Gasteiger partial charge is 0.338 e. The van der Waals surface area contributed by atoms with Crippen molar-refractivity contribution in [3.8, 4) is 0 Å². The highest BCUT2D eigenvalue weighted by atomic mass is 16.5. The Bertz CT molecular complexity index is 946. The third kappa shape index (κ3) is 5.10. The number of urea groups is 1. The minimum Gasteiger partial charge on any atom is -0.462 e. The molecule has 3 rings (SSSR count). The molecule has 0 aromatic heterocycles. The van der Waals surface area contributed by atoms with E-state index in [1.165, 1.54) is 0 Å². The number of benzene rings is 3. The van der Waals surface area contributed by atoms with E-state index in [4.69, 9.17) is 4.74 Å². The van der Waals surface area contributed by atoms with Crippen molar-refractivity contribution >= 4 is 28.5 Å². The van der Waals surface area contributed by atoms with Crippen LogP contribution in [0, 0.1) is 0 Å². The predicted octanol–water partition coefficient (Wildman–Crippen LogP) is 5.12. The molecule has 5 heteroatoms.